The molecule has 0 bridgehead atoms. The fourth-order valence-corrected chi connectivity index (χ4v) is 2.31. The van der Waals surface area contributed by atoms with Crippen molar-refractivity contribution in [2.24, 2.45) is 0 Å². The Kier molecular flexibility index (Phi) is 6.50. The molecule has 0 radical (unpaired) electrons. The highest BCUT2D eigenvalue weighted by Crippen LogP contribution is 2.16. The van der Waals surface area contributed by atoms with Gasteiger partial charge in [-0.3, -0.25) is 4.79 Å². The van der Waals surface area contributed by atoms with Crippen LogP contribution in [0.1, 0.15) is 17.5 Å². The summed E-state index contributed by atoms with van der Waals surface area (Å²) in [5.41, 5.74) is 2.05. The number of rotatable bonds is 6. The van der Waals surface area contributed by atoms with Gasteiger partial charge >= 0.3 is 0 Å². The quantitative estimate of drug-likeness (QED) is 0.599. The lowest BCUT2D eigenvalue weighted by molar-refractivity contribution is -0.116. The van der Waals surface area contributed by atoms with E-state index in [1.165, 1.54) is 11.6 Å². The van der Waals surface area contributed by atoms with E-state index in [2.05, 4.69) is 5.32 Å². The topological polar surface area (TPSA) is 29.1 Å². The van der Waals surface area contributed by atoms with E-state index in [0.717, 1.165) is 23.4 Å². The van der Waals surface area contributed by atoms with Crippen LogP contribution in [0.4, 0.5) is 0 Å². The number of hydrogen-bond acceptors (Lipinski definition) is 1. The monoisotopic (exact) mass is 333 g/mol. The Bertz CT molecular complexity index is 650. The van der Waals surface area contributed by atoms with Crippen LogP contribution in [0.2, 0.25) is 10.0 Å². The molecule has 114 valence electrons. The van der Waals surface area contributed by atoms with E-state index in [9.17, 15) is 4.79 Å². The van der Waals surface area contributed by atoms with E-state index >= 15 is 0 Å². The fourth-order valence-electron chi connectivity index (χ4n) is 1.99. The van der Waals surface area contributed by atoms with Gasteiger partial charge in [-0.05, 0) is 48.2 Å². The summed E-state index contributed by atoms with van der Waals surface area (Å²) in [4.78, 5) is 11.7. The molecule has 0 atom stereocenters. The van der Waals surface area contributed by atoms with Crippen LogP contribution in [0.15, 0.2) is 54.6 Å². The van der Waals surface area contributed by atoms with Crippen LogP contribution in [0, 0.1) is 0 Å². The summed E-state index contributed by atoms with van der Waals surface area (Å²) in [6.07, 6.45) is 5.01. The minimum absolute atomic E-state index is 0.115. The zero-order chi connectivity index (χ0) is 15.8. The third-order valence-corrected chi connectivity index (χ3v) is 3.77. The van der Waals surface area contributed by atoms with Crippen molar-refractivity contribution in [1.29, 1.82) is 0 Å². The second-order valence-electron chi connectivity index (χ2n) is 4.88. The molecule has 22 heavy (non-hydrogen) atoms. The van der Waals surface area contributed by atoms with Crippen molar-refractivity contribution in [1.82, 2.24) is 5.32 Å². The molecule has 2 nitrogen and oxygen atoms in total. The van der Waals surface area contributed by atoms with Gasteiger partial charge in [0.25, 0.3) is 0 Å². The largest absolute Gasteiger partial charge is 0.353 e. The lowest BCUT2D eigenvalue weighted by atomic mass is 10.1. The molecule has 1 N–H and O–H groups in total. The molecule has 1 amide bonds. The predicted octanol–water partition coefficient (Wildman–Crippen LogP) is 4.76. The van der Waals surface area contributed by atoms with Gasteiger partial charge in [-0.1, -0.05) is 53.5 Å². The average Bonchev–Trinajstić information content (AvgIpc) is 2.52. The summed E-state index contributed by atoms with van der Waals surface area (Å²) in [5, 5.41) is 4.23. The molecule has 0 unspecified atom stereocenters. The molecule has 0 saturated carbocycles. The van der Waals surface area contributed by atoms with E-state index in [1.54, 1.807) is 12.1 Å². The molecule has 0 aliphatic heterocycles. The van der Waals surface area contributed by atoms with Crippen molar-refractivity contribution in [3.05, 3.63) is 75.8 Å². The number of nitrogens with one attached hydrogen (secondary N) is 1. The first-order valence-corrected chi connectivity index (χ1v) is 7.85. The second kappa shape index (κ2) is 8.62. The second-order valence-corrected chi connectivity index (χ2v) is 5.72. The highest BCUT2D eigenvalue weighted by atomic mass is 35.5. The molecular weight excluding hydrogens is 317 g/mol. The molecule has 0 fully saturated rings. The van der Waals surface area contributed by atoms with Crippen LogP contribution in [-0.2, 0) is 11.2 Å². The van der Waals surface area contributed by atoms with Gasteiger partial charge in [0, 0.05) is 22.7 Å². The Morgan fingerprint density at radius 1 is 1.05 bits per heavy atom. The highest BCUT2D eigenvalue weighted by molar-refractivity contribution is 6.32. The molecular formula is C18H17Cl2NO. The van der Waals surface area contributed by atoms with Crippen LogP contribution >= 0.6 is 23.2 Å². The summed E-state index contributed by atoms with van der Waals surface area (Å²) in [5.74, 6) is -0.115. The van der Waals surface area contributed by atoms with Crippen molar-refractivity contribution in [2.45, 2.75) is 12.8 Å². The lowest BCUT2D eigenvalue weighted by Crippen LogP contribution is -2.22. The lowest BCUT2D eigenvalue weighted by Gasteiger charge is -2.03. The summed E-state index contributed by atoms with van der Waals surface area (Å²) >= 11 is 11.9. The Morgan fingerprint density at radius 3 is 2.50 bits per heavy atom. The van der Waals surface area contributed by atoms with Gasteiger partial charge in [0.05, 0.1) is 0 Å². The smallest absolute Gasteiger partial charge is 0.244 e. The SMILES string of the molecule is O=C(/C=C/c1ccccc1Cl)NCCCc1ccc(Cl)cc1. The van der Waals surface area contributed by atoms with Crippen molar-refractivity contribution < 1.29 is 4.79 Å². The van der Waals surface area contributed by atoms with Gasteiger partial charge in [0.2, 0.25) is 5.91 Å². The summed E-state index contributed by atoms with van der Waals surface area (Å²) < 4.78 is 0. The van der Waals surface area contributed by atoms with E-state index < -0.39 is 0 Å². The van der Waals surface area contributed by atoms with Gasteiger partial charge in [0.1, 0.15) is 0 Å². The van der Waals surface area contributed by atoms with Gasteiger partial charge in [-0.25, -0.2) is 0 Å². The standard InChI is InChI=1S/C18H17Cl2NO/c19-16-10-7-14(8-11-16)4-3-13-21-18(22)12-9-15-5-1-2-6-17(15)20/h1-2,5-12H,3-4,13H2,(H,21,22)/b12-9+. The fraction of sp³-hybridized carbons (Fsp3) is 0.167. The highest BCUT2D eigenvalue weighted by Gasteiger charge is 1.98. The molecule has 0 aliphatic rings. The van der Waals surface area contributed by atoms with E-state index in [-0.39, 0.29) is 5.91 Å². The number of carbonyl (C=O) groups is 1. The van der Waals surface area contributed by atoms with E-state index in [0.29, 0.717) is 11.6 Å². The van der Waals surface area contributed by atoms with Crippen LogP contribution in [0.25, 0.3) is 6.08 Å². The van der Waals surface area contributed by atoms with Crippen molar-refractivity contribution >= 4 is 35.2 Å². The Hall–Kier alpha value is -1.77. The molecule has 4 heteroatoms. The number of benzene rings is 2. The predicted molar refractivity (Wildman–Crippen MR) is 93.3 cm³/mol. The number of carbonyl (C=O) groups excluding carboxylic acids is 1. The maximum Gasteiger partial charge on any atom is 0.244 e. The molecule has 2 aromatic rings. The minimum Gasteiger partial charge on any atom is -0.353 e. The van der Waals surface area contributed by atoms with Gasteiger partial charge in [-0.15, -0.1) is 0 Å². The zero-order valence-electron chi connectivity index (χ0n) is 12.1. The minimum atomic E-state index is -0.115. The summed E-state index contributed by atoms with van der Waals surface area (Å²) in [6, 6.07) is 15.2. The Morgan fingerprint density at radius 2 is 1.77 bits per heavy atom. The molecule has 0 aromatic heterocycles. The maximum atomic E-state index is 11.7. The molecule has 0 aliphatic carbocycles. The molecule has 0 saturated heterocycles. The van der Waals surface area contributed by atoms with Crippen LogP contribution in [-0.4, -0.2) is 12.5 Å². The first kappa shape index (κ1) is 16.6. The number of hydrogen-bond donors (Lipinski definition) is 1. The normalized spacial score (nSPS) is 10.8. The number of halogens is 2. The van der Waals surface area contributed by atoms with E-state index in [4.69, 9.17) is 23.2 Å². The van der Waals surface area contributed by atoms with Crippen molar-refractivity contribution in [3.8, 4) is 0 Å². The summed E-state index contributed by atoms with van der Waals surface area (Å²) in [6.45, 7) is 0.633. The molecule has 2 rings (SSSR count). The number of aryl methyl sites for hydroxylation is 1. The summed E-state index contributed by atoms with van der Waals surface area (Å²) in [7, 11) is 0. The molecule has 2 aromatic carbocycles. The van der Waals surface area contributed by atoms with Gasteiger partial charge in [0.15, 0.2) is 0 Å². The Labute approximate surface area is 140 Å². The van der Waals surface area contributed by atoms with Crippen LogP contribution in [0.5, 0.6) is 0 Å². The van der Waals surface area contributed by atoms with Crippen LogP contribution < -0.4 is 5.32 Å². The van der Waals surface area contributed by atoms with Crippen LogP contribution in [0.3, 0.4) is 0 Å². The average molecular weight is 334 g/mol. The third kappa shape index (κ3) is 5.55. The first-order valence-electron chi connectivity index (χ1n) is 7.10. The Balaban J connectivity index is 1.72. The van der Waals surface area contributed by atoms with Crippen molar-refractivity contribution in [3.63, 3.8) is 0 Å². The molecule has 0 spiro atoms. The van der Waals surface area contributed by atoms with E-state index in [1.807, 2.05) is 42.5 Å². The number of amides is 1. The third-order valence-electron chi connectivity index (χ3n) is 3.17. The van der Waals surface area contributed by atoms with Gasteiger partial charge in [-0.2, -0.15) is 0 Å². The first-order chi connectivity index (χ1) is 10.6. The maximum absolute atomic E-state index is 11.7. The molecule has 0 heterocycles. The zero-order valence-corrected chi connectivity index (χ0v) is 13.6. The van der Waals surface area contributed by atoms with Gasteiger partial charge < -0.3 is 5.32 Å². The van der Waals surface area contributed by atoms with Crippen molar-refractivity contribution in [2.75, 3.05) is 6.54 Å².